The first-order valence-electron chi connectivity index (χ1n) is 9.11. The molecule has 0 fully saturated rings. The summed E-state index contributed by atoms with van der Waals surface area (Å²) in [7, 11) is 2.13. The summed E-state index contributed by atoms with van der Waals surface area (Å²) in [5, 5.41) is 0. The molecule has 0 amide bonds. The molecule has 0 aliphatic carbocycles. The molecule has 0 aliphatic heterocycles. The highest BCUT2D eigenvalue weighted by Gasteiger charge is 2.02. The third-order valence-electron chi connectivity index (χ3n) is 3.74. The molecular weight excluding hydrogens is 314 g/mol. The van der Waals surface area contributed by atoms with Crippen LogP contribution in [0.5, 0.6) is 0 Å². The molecule has 0 aromatic heterocycles. The van der Waals surface area contributed by atoms with Gasteiger partial charge in [0.1, 0.15) is 0 Å². The second-order valence-corrected chi connectivity index (χ2v) is 7.61. The van der Waals surface area contributed by atoms with Crippen LogP contribution >= 0.6 is 0 Å². The van der Waals surface area contributed by atoms with Gasteiger partial charge in [0, 0.05) is 18.5 Å². The predicted octanol–water partition coefficient (Wildman–Crippen LogP) is 5.89. The molecule has 1 nitrogen and oxygen atoms in total. The van der Waals surface area contributed by atoms with Crippen molar-refractivity contribution in [3.8, 4) is 11.8 Å². The fraction of sp³-hybridized carbons (Fsp3) is 0.280. The molecule has 0 radical (unpaired) electrons. The van der Waals surface area contributed by atoms with E-state index >= 15 is 0 Å². The Morgan fingerprint density at radius 1 is 0.923 bits per heavy atom. The van der Waals surface area contributed by atoms with Crippen LogP contribution in [0.3, 0.4) is 0 Å². The van der Waals surface area contributed by atoms with Crippen LogP contribution in [0.25, 0.3) is 12.2 Å². The summed E-state index contributed by atoms with van der Waals surface area (Å²) in [6, 6.07) is 19.1. The van der Waals surface area contributed by atoms with E-state index in [1.807, 2.05) is 12.1 Å². The molecule has 0 saturated heterocycles. The van der Waals surface area contributed by atoms with Gasteiger partial charge in [-0.25, -0.2) is 0 Å². The molecular formula is C25H29N. The number of likely N-dealkylation sites (N-methyl/N-ethyl adjacent to an activating group) is 1. The normalized spacial score (nSPS) is 11.9. The minimum Gasteiger partial charge on any atom is -0.298 e. The highest BCUT2D eigenvalue weighted by molar-refractivity contribution is 5.69. The second kappa shape index (κ2) is 9.80. The van der Waals surface area contributed by atoms with Gasteiger partial charge < -0.3 is 0 Å². The van der Waals surface area contributed by atoms with Gasteiger partial charge in [-0.15, -0.1) is 0 Å². The van der Waals surface area contributed by atoms with Gasteiger partial charge in [-0.05, 0) is 50.6 Å². The largest absolute Gasteiger partial charge is 0.298 e. The van der Waals surface area contributed by atoms with Crippen molar-refractivity contribution in [1.29, 1.82) is 0 Å². The molecule has 0 bridgehead atoms. The average Bonchev–Trinajstić information content (AvgIpc) is 2.60. The van der Waals surface area contributed by atoms with Gasteiger partial charge in [0.25, 0.3) is 0 Å². The quantitative estimate of drug-likeness (QED) is 0.466. The molecule has 2 rings (SSSR count). The average molecular weight is 344 g/mol. The monoisotopic (exact) mass is 343 g/mol. The lowest BCUT2D eigenvalue weighted by Gasteiger charge is -2.14. The second-order valence-electron chi connectivity index (χ2n) is 7.61. The van der Waals surface area contributed by atoms with Crippen LogP contribution in [0.2, 0.25) is 0 Å². The Hall–Kier alpha value is -2.56. The molecule has 0 aliphatic rings. The number of nitrogens with zero attached hydrogens (tertiary/aromatic N) is 1. The molecule has 0 N–H and O–H groups in total. The van der Waals surface area contributed by atoms with E-state index in [-0.39, 0.29) is 5.41 Å². The van der Waals surface area contributed by atoms with E-state index in [9.17, 15) is 0 Å². The van der Waals surface area contributed by atoms with E-state index in [0.717, 1.165) is 13.1 Å². The van der Waals surface area contributed by atoms with Crippen LogP contribution in [-0.4, -0.2) is 18.5 Å². The number of rotatable bonds is 6. The smallest absolute Gasteiger partial charge is 0.0234 e. The minimum atomic E-state index is 0.0595. The molecule has 0 atom stereocenters. The first-order valence-corrected chi connectivity index (χ1v) is 9.11. The van der Waals surface area contributed by atoms with Crippen molar-refractivity contribution in [1.82, 2.24) is 4.90 Å². The molecule has 2 aromatic carbocycles. The summed E-state index contributed by atoms with van der Waals surface area (Å²) in [5.41, 5.74) is 3.82. The van der Waals surface area contributed by atoms with Crippen molar-refractivity contribution in [2.45, 2.75) is 27.3 Å². The third-order valence-corrected chi connectivity index (χ3v) is 3.74. The molecule has 0 saturated carbocycles. The van der Waals surface area contributed by atoms with Gasteiger partial charge in [0.15, 0.2) is 0 Å². The Morgan fingerprint density at radius 3 is 2.35 bits per heavy atom. The SMILES string of the molecule is CN(C/C=C/C#CC(C)(C)C)Cc1cccc(/C=C\c2ccccc2)c1. The zero-order chi connectivity index (χ0) is 18.8. The first kappa shape index (κ1) is 19.8. The first-order chi connectivity index (χ1) is 12.4. The highest BCUT2D eigenvalue weighted by atomic mass is 15.1. The maximum atomic E-state index is 3.22. The van der Waals surface area contributed by atoms with Crippen molar-refractivity contribution < 1.29 is 0 Å². The maximum Gasteiger partial charge on any atom is 0.0234 e. The molecule has 2 aromatic rings. The topological polar surface area (TPSA) is 3.24 Å². The van der Waals surface area contributed by atoms with Crippen LogP contribution in [0.4, 0.5) is 0 Å². The Bertz CT molecular complexity index is 795. The molecule has 26 heavy (non-hydrogen) atoms. The standard InChI is InChI=1S/C25H29N/c1-25(2,3)18-9-6-10-19-26(4)21-24-15-11-14-23(20-24)17-16-22-12-7-5-8-13-22/h5-8,10-17,20H,19,21H2,1-4H3/b10-6+,17-16-. The summed E-state index contributed by atoms with van der Waals surface area (Å²) in [6.45, 7) is 8.19. The zero-order valence-electron chi connectivity index (χ0n) is 16.4. The van der Waals surface area contributed by atoms with Crippen molar-refractivity contribution in [2.24, 2.45) is 5.41 Å². The van der Waals surface area contributed by atoms with Gasteiger partial charge in [0.2, 0.25) is 0 Å². The van der Waals surface area contributed by atoms with E-state index in [4.69, 9.17) is 0 Å². The van der Waals surface area contributed by atoms with Crippen molar-refractivity contribution >= 4 is 12.2 Å². The van der Waals surface area contributed by atoms with Crippen LogP contribution in [0.1, 0.15) is 37.5 Å². The molecule has 1 heteroatoms. The Labute approximate surface area is 159 Å². The number of hydrogen-bond donors (Lipinski definition) is 0. The zero-order valence-corrected chi connectivity index (χ0v) is 16.4. The van der Waals surface area contributed by atoms with E-state index in [1.54, 1.807) is 0 Å². The van der Waals surface area contributed by atoms with E-state index in [0.29, 0.717) is 0 Å². The van der Waals surface area contributed by atoms with Crippen molar-refractivity contribution in [3.63, 3.8) is 0 Å². The van der Waals surface area contributed by atoms with Crippen LogP contribution in [-0.2, 0) is 6.54 Å². The van der Waals surface area contributed by atoms with Crippen LogP contribution in [0, 0.1) is 17.3 Å². The highest BCUT2D eigenvalue weighted by Crippen LogP contribution is 2.12. The minimum absolute atomic E-state index is 0.0595. The molecule has 0 spiro atoms. The Balaban J connectivity index is 1.90. The lowest BCUT2D eigenvalue weighted by Crippen LogP contribution is -2.17. The number of benzene rings is 2. The maximum absolute atomic E-state index is 3.22. The van der Waals surface area contributed by atoms with E-state index < -0.39 is 0 Å². The number of hydrogen-bond acceptors (Lipinski definition) is 1. The van der Waals surface area contributed by atoms with Crippen molar-refractivity contribution in [2.75, 3.05) is 13.6 Å². The molecule has 0 heterocycles. The summed E-state index contributed by atoms with van der Waals surface area (Å²) in [5.74, 6) is 6.34. The van der Waals surface area contributed by atoms with Gasteiger partial charge in [0.05, 0.1) is 0 Å². The van der Waals surface area contributed by atoms with Crippen LogP contribution in [0.15, 0.2) is 66.7 Å². The van der Waals surface area contributed by atoms with Crippen LogP contribution < -0.4 is 0 Å². The van der Waals surface area contributed by atoms with Gasteiger partial charge in [-0.2, -0.15) is 0 Å². The van der Waals surface area contributed by atoms with Gasteiger partial charge in [-0.1, -0.05) is 84.7 Å². The van der Waals surface area contributed by atoms with E-state index in [1.165, 1.54) is 16.7 Å². The lowest BCUT2D eigenvalue weighted by atomic mass is 9.98. The van der Waals surface area contributed by atoms with Gasteiger partial charge in [-0.3, -0.25) is 4.90 Å². The van der Waals surface area contributed by atoms with Crippen molar-refractivity contribution in [3.05, 3.63) is 83.4 Å². The fourth-order valence-corrected chi connectivity index (χ4v) is 2.48. The Morgan fingerprint density at radius 2 is 1.62 bits per heavy atom. The summed E-state index contributed by atoms with van der Waals surface area (Å²) < 4.78 is 0. The summed E-state index contributed by atoms with van der Waals surface area (Å²) in [6.07, 6.45) is 8.40. The third kappa shape index (κ3) is 8.01. The summed E-state index contributed by atoms with van der Waals surface area (Å²) in [4.78, 5) is 2.29. The van der Waals surface area contributed by atoms with E-state index in [2.05, 4.69) is 111 Å². The molecule has 134 valence electrons. The Kier molecular flexibility index (Phi) is 7.45. The molecule has 0 unspecified atom stereocenters. The van der Waals surface area contributed by atoms with Gasteiger partial charge >= 0.3 is 0 Å². The predicted molar refractivity (Wildman–Crippen MR) is 115 cm³/mol. The lowest BCUT2D eigenvalue weighted by molar-refractivity contribution is 0.363. The summed E-state index contributed by atoms with van der Waals surface area (Å²) >= 11 is 0. The fourth-order valence-electron chi connectivity index (χ4n) is 2.48. The number of allylic oxidation sites excluding steroid dienone is 1.